The molecule has 2 rings (SSSR count). The molecule has 5 heteroatoms. The predicted molar refractivity (Wildman–Crippen MR) is 69.1 cm³/mol. The van der Waals surface area contributed by atoms with E-state index in [9.17, 15) is 13.2 Å². The molecule has 1 N–H and O–H groups in total. The first-order valence-corrected chi connectivity index (χ1v) is 5.58. The van der Waals surface area contributed by atoms with E-state index >= 15 is 0 Å². The Morgan fingerprint density at radius 2 is 1.53 bits per heavy atom. The number of alkyl halides is 3. The topological polar surface area (TPSA) is 24.4 Å². The number of halogens is 3. The Labute approximate surface area is 108 Å². The molecule has 0 amide bonds. The van der Waals surface area contributed by atoms with Gasteiger partial charge in [-0.3, -0.25) is 5.43 Å². The van der Waals surface area contributed by atoms with Gasteiger partial charge in [-0.2, -0.15) is 18.3 Å². The fourth-order valence-electron chi connectivity index (χ4n) is 1.56. The fourth-order valence-corrected chi connectivity index (χ4v) is 1.56. The van der Waals surface area contributed by atoms with Crippen molar-refractivity contribution in [1.29, 1.82) is 0 Å². The Hall–Kier alpha value is -2.30. The summed E-state index contributed by atoms with van der Waals surface area (Å²) in [5.41, 5.74) is 2.71. The van der Waals surface area contributed by atoms with Gasteiger partial charge in [0, 0.05) is 5.56 Å². The Bertz CT molecular complexity index is 562. The summed E-state index contributed by atoms with van der Waals surface area (Å²) in [4.78, 5) is 0. The van der Waals surface area contributed by atoms with Crippen LogP contribution in [-0.4, -0.2) is 6.21 Å². The maximum absolute atomic E-state index is 12.7. The minimum absolute atomic E-state index is 0.0263. The van der Waals surface area contributed by atoms with Gasteiger partial charge in [-0.15, -0.1) is 0 Å². The summed E-state index contributed by atoms with van der Waals surface area (Å²) in [6.07, 6.45) is -3.22. The summed E-state index contributed by atoms with van der Waals surface area (Å²) < 4.78 is 38.1. The van der Waals surface area contributed by atoms with Crippen molar-refractivity contribution < 1.29 is 13.2 Å². The molecule has 0 saturated carbocycles. The van der Waals surface area contributed by atoms with E-state index in [-0.39, 0.29) is 5.56 Å². The van der Waals surface area contributed by atoms with Crippen LogP contribution in [0, 0.1) is 0 Å². The van der Waals surface area contributed by atoms with Crippen LogP contribution in [0.15, 0.2) is 59.7 Å². The zero-order valence-corrected chi connectivity index (χ0v) is 9.85. The molecule has 2 aromatic rings. The molecule has 2 nitrogen and oxygen atoms in total. The average Bonchev–Trinajstić information content (AvgIpc) is 2.39. The minimum Gasteiger partial charge on any atom is -0.279 e. The summed E-state index contributed by atoms with van der Waals surface area (Å²) in [5.74, 6) is 0. The van der Waals surface area contributed by atoms with E-state index in [0.29, 0.717) is 5.69 Å². The number of rotatable bonds is 3. The number of hydrogen-bond acceptors (Lipinski definition) is 2. The van der Waals surface area contributed by atoms with Crippen LogP contribution < -0.4 is 5.43 Å². The van der Waals surface area contributed by atoms with Gasteiger partial charge < -0.3 is 0 Å². The number of nitrogens with one attached hydrogen (secondary N) is 1. The highest BCUT2D eigenvalue weighted by molar-refractivity contribution is 5.82. The van der Waals surface area contributed by atoms with Crippen molar-refractivity contribution >= 4 is 11.9 Å². The molecule has 0 aliphatic heterocycles. The van der Waals surface area contributed by atoms with Crippen molar-refractivity contribution in [2.24, 2.45) is 5.10 Å². The molecular formula is C14H11F3N2. The third kappa shape index (κ3) is 3.58. The normalized spacial score (nSPS) is 11.7. The summed E-state index contributed by atoms with van der Waals surface area (Å²) >= 11 is 0. The second-order valence-corrected chi connectivity index (χ2v) is 3.82. The van der Waals surface area contributed by atoms with Crippen LogP contribution in [0.5, 0.6) is 0 Å². The predicted octanol–water partition coefficient (Wildman–Crippen LogP) is 4.15. The monoisotopic (exact) mass is 264 g/mol. The fraction of sp³-hybridized carbons (Fsp3) is 0.0714. The van der Waals surface area contributed by atoms with Gasteiger partial charge in [0.25, 0.3) is 0 Å². The molecule has 0 aromatic heterocycles. The quantitative estimate of drug-likeness (QED) is 0.653. The highest BCUT2D eigenvalue weighted by Gasteiger charge is 2.32. The van der Waals surface area contributed by atoms with Gasteiger partial charge in [-0.25, -0.2) is 0 Å². The Kier molecular flexibility index (Phi) is 3.85. The van der Waals surface area contributed by atoms with Gasteiger partial charge in [-0.05, 0) is 18.2 Å². The Morgan fingerprint density at radius 3 is 2.21 bits per heavy atom. The molecule has 0 aliphatic rings. The van der Waals surface area contributed by atoms with Crippen molar-refractivity contribution in [2.45, 2.75) is 6.18 Å². The molecule has 19 heavy (non-hydrogen) atoms. The van der Waals surface area contributed by atoms with E-state index in [1.807, 2.05) is 18.2 Å². The standard InChI is InChI=1S/C14H11F3N2/c15-14(16,17)13-9-5-4-6-11(13)10-18-19-12-7-2-1-3-8-12/h1-10,19H/b18-10+. The van der Waals surface area contributed by atoms with Crippen LogP contribution in [0.2, 0.25) is 0 Å². The minimum atomic E-state index is -4.38. The van der Waals surface area contributed by atoms with Crippen LogP contribution in [-0.2, 0) is 6.18 Å². The highest BCUT2D eigenvalue weighted by atomic mass is 19.4. The number of nitrogens with zero attached hydrogens (tertiary/aromatic N) is 1. The molecule has 0 unspecified atom stereocenters. The van der Waals surface area contributed by atoms with Gasteiger partial charge in [0.15, 0.2) is 0 Å². The summed E-state index contributed by atoms with van der Waals surface area (Å²) in [6.45, 7) is 0. The van der Waals surface area contributed by atoms with Gasteiger partial charge in [0.1, 0.15) is 0 Å². The Balaban J connectivity index is 2.16. The molecule has 0 atom stereocenters. The lowest BCUT2D eigenvalue weighted by Gasteiger charge is -2.09. The first kappa shape index (κ1) is 13.1. The number of hydrogen-bond donors (Lipinski definition) is 1. The molecule has 0 bridgehead atoms. The first-order chi connectivity index (χ1) is 9.07. The molecule has 0 spiro atoms. The lowest BCUT2D eigenvalue weighted by Crippen LogP contribution is -2.08. The summed E-state index contributed by atoms with van der Waals surface area (Å²) in [6, 6.07) is 14.3. The van der Waals surface area contributed by atoms with Crippen molar-refractivity contribution in [2.75, 3.05) is 5.43 Å². The van der Waals surface area contributed by atoms with Crippen molar-refractivity contribution in [1.82, 2.24) is 0 Å². The van der Waals surface area contributed by atoms with E-state index in [2.05, 4.69) is 10.5 Å². The molecule has 0 fully saturated rings. The molecule has 0 saturated heterocycles. The van der Waals surface area contributed by atoms with Gasteiger partial charge >= 0.3 is 6.18 Å². The molecule has 0 radical (unpaired) electrons. The smallest absolute Gasteiger partial charge is 0.279 e. The SMILES string of the molecule is FC(F)(F)c1ccccc1/C=N/Nc1ccccc1. The van der Waals surface area contributed by atoms with Crippen LogP contribution in [0.25, 0.3) is 0 Å². The van der Waals surface area contributed by atoms with Crippen LogP contribution in [0.1, 0.15) is 11.1 Å². The van der Waals surface area contributed by atoms with Gasteiger partial charge in [0.05, 0.1) is 17.5 Å². The summed E-state index contributed by atoms with van der Waals surface area (Å²) in [5, 5.41) is 3.81. The maximum atomic E-state index is 12.7. The van der Waals surface area contributed by atoms with Crippen LogP contribution >= 0.6 is 0 Å². The maximum Gasteiger partial charge on any atom is 0.417 e. The molecule has 98 valence electrons. The zero-order chi connectivity index (χ0) is 13.7. The third-order valence-corrected chi connectivity index (χ3v) is 2.44. The molecule has 2 aromatic carbocycles. The molecule has 0 heterocycles. The second-order valence-electron chi connectivity index (χ2n) is 3.82. The molecular weight excluding hydrogens is 253 g/mol. The number of para-hydroxylation sites is 1. The lowest BCUT2D eigenvalue weighted by atomic mass is 10.1. The second kappa shape index (κ2) is 5.56. The van der Waals surface area contributed by atoms with Crippen molar-refractivity contribution in [3.8, 4) is 0 Å². The van der Waals surface area contributed by atoms with E-state index in [4.69, 9.17) is 0 Å². The highest BCUT2D eigenvalue weighted by Crippen LogP contribution is 2.31. The van der Waals surface area contributed by atoms with E-state index in [1.165, 1.54) is 12.1 Å². The van der Waals surface area contributed by atoms with Gasteiger partial charge in [-0.1, -0.05) is 36.4 Å². The van der Waals surface area contributed by atoms with E-state index in [0.717, 1.165) is 12.3 Å². The van der Waals surface area contributed by atoms with Crippen molar-refractivity contribution in [3.63, 3.8) is 0 Å². The Morgan fingerprint density at radius 1 is 0.895 bits per heavy atom. The number of anilines is 1. The lowest BCUT2D eigenvalue weighted by molar-refractivity contribution is -0.137. The van der Waals surface area contributed by atoms with Crippen LogP contribution in [0.3, 0.4) is 0 Å². The summed E-state index contributed by atoms with van der Waals surface area (Å²) in [7, 11) is 0. The molecule has 0 aliphatic carbocycles. The van der Waals surface area contributed by atoms with E-state index < -0.39 is 11.7 Å². The first-order valence-electron chi connectivity index (χ1n) is 5.58. The zero-order valence-electron chi connectivity index (χ0n) is 9.85. The largest absolute Gasteiger partial charge is 0.417 e. The number of hydrazone groups is 1. The average molecular weight is 264 g/mol. The van der Waals surface area contributed by atoms with Crippen LogP contribution in [0.4, 0.5) is 18.9 Å². The number of benzene rings is 2. The van der Waals surface area contributed by atoms with Crippen molar-refractivity contribution in [3.05, 3.63) is 65.7 Å². The third-order valence-electron chi connectivity index (χ3n) is 2.44. The van der Waals surface area contributed by atoms with E-state index in [1.54, 1.807) is 18.2 Å². The van der Waals surface area contributed by atoms with Gasteiger partial charge in [0.2, 0.25) is 0 Å².